The Morgan fingerprint density at radius 1 is 1.16 bits per heavy atom. The molecule has 0 aliphatic heterocycles. The van der Waals surface area contributed by atoms with E-state index in [1.165, 1.54) is 12.1 Å². The van der Waals surface area contributed by atoms with Gasteiger partial charge in [0.2, 0.25) is 0 Å². The molecule has 2 rings (SSSR count). The van der Waals surface area contributed by atoms with Gasteiger partial charge in [-0.15, -0.1) is 0 Å². The standard InChI is InChI=1S/C21H22FNO2/c1-3-19(17-10-12-18(22)13-11-17)21(15-23,20(24)25-4-2)14-16-8-6-5-7-9-16/h5-13,19H,3-4,14H2,1-2H3. The summed E-state index contributed by atoms with van der Waals surface area (Å²) in [6.45, 7) is 3.85. The summed E-state index contributed by atoms with van der Waals surface area (Å²) < 4.78 is 18.6. The Morgan fingerprint density at radius 2 is 1.80 bits per heavy atom. The predicted octanol–water partition coefficient (Wildman–Crippen LogP) is 4.64. The van der Waals surface area contributed by atoms with Crippen molar-refractivity contribution in [1.82, 2.24) is 0 Å². The van der Waals surface area contributed by atoms with Crippen molar-refractivity contribution in [2.45, 2.75) is 32.6 Å². The highest BCUT2D eigenvalue weighted by Crippen LogP contribution is 2.42. The van der Waals surface area contributed by atoms with Gasteiger partial charge in [-0.2, -0.15) is 5.26 Å². The molecule has 2 aromatic carbocycles. The SMILES string of the molecule is CCOC(=O)C(C#N)(Cc1ccccc1)C(CC)c1ccc(F)cc1. The quantitative estimate of drug-likeness (QED) is 0.691. The number of nitriles is 1. The van der Waals surface area contributed by atoms with Crippen molar-refractivity contribution < 1.29 is 13.9 Å². The first kappa shape index (κ1) is 18.7. The van der Waals surface area contributed by atoms with E-state index in [1.54, 1.807) is 19.1 Å². The lowest BCUT2D eigenvalue weighted by atomic mass is 9.68. The summed E-state index contributed by atoms with van der Waals surface area (Å²) in [5, 5.41) is 10.0. The molecule has 0 amide bonds. The Labute approximate surface area is 148 Å². The third kappa shape index (κ3) is 4.06. The number of benzene rings is 2. The Balaban J connectivity index is 2.52. The molecule has 0 aliphatic carbocycles. The highest BCUT2D eigenvalue weighted by atomic mass is 19.1. The van der Waals surface area contributed by atoms with Gasteiger partial charge in [0.15, 0.2) is 5.41 Å². The third-order valence-corrected chi connectivity index (χ3v) is 4.44. The molecule has 2 unspecified atom stereocenters. The third-order valence-electron chi connectivity index (χ3n) is 4.44. The number of esters is 1. The molecule has 0 heterocycles. The second-order valence-electron chi connectivity index (χ2n) is 5.98. The highest BCUT2D eigenvalue weighted by Gasteiger charge is 2.47. The zero-order chi connectivity index (χ0) is 18.3. The van der Waals surface area contributed by atoms with E-state index < -0.39 is 17.3 Å². The van der Waals surface area contributed by atoms with Crippen LogP contribution in [0.15, 0.2) is 54.6 Å². The van der Waals surface area contributed by atoms with Crippen molar-refractivity contribution in [3.63, 3.8) is 0 Å². The Kier molecular flexibility index (Phi) is 6.30. The zero-order valence-corrected chi connectivity index (χ0v) is 14.5. The zero-order valence-electron chi connectivity index (χ0n) is 14.5. The monoisotopic (exact) mass is 339 g/mol. The number of carbonyl (C=O) groups excluding carboxylic acids is 1. The van der Waals surface area contributed by atoms with E-state index in [9.17, 15) is 14.4 Å². The molecule has 0 spiro atoms. The van der Waals surface area contributed by atoms with E-state index in [2.05, 4.69) is 6.07 Å². The van der Waals surface area contributed by atoms with Crippen LogP contribution < -0.4 is 0 Å². The molecule has 130 valence electrons. The van der Waals surface area contributed by atoms with Gasteiger partial charge in [0.25, 0.3) is 0 Å². The van der Waals surface area contributed by atoms with E-state index in [0.29, 0.717) is 6.42 Å². The highest BCUT2D eigenvalue weighted by molar-refractivity contribution is 5.82. The fourth-order valence-electron chi connectivity index (χ4n) is 3.24. The summed E-state index contributed by atoms with van der Waals surface area (Å²) >= 11 is 0. The van der Waals surface area contributed by atoms with Crippen molar-refractivity contribution in [2.75, 3.05) is 6.61 Å². The van der Waals surface area contributed by atoms with Crippen LogP contribution in [0.1, 0.15) is 37.3 Å². The van der Waals surface area contributed by atoms with E-state index in [0.717, 1.165) is 11.1 Å². The maximum absolute atomic E-state index is 13.3. The second kappa shape index (κ2) is 8.43. The maximum Gasteiger partial charge on any atom is 0.327 e. The Morgan fingerprint density at radius 3 is 2.32 bits per heavy atom. The number of rotatable bonds is 7. The van der Waals surface area contributed by atoms with Crippen LogP contribution in [0.4, 0.5) is 4.39 Å². The summed E-state index contributed by atoms with van der Waals surface area (Å²) in [7, 11) is 0. The second-order valence-corrected chi connectivity index (χ2v) is 5.98. The molecule has 0 N–H and O–H groups in total. The first-order valence-corrected chi connectivity index (χ1v) is 8.45. The molecular weight excluding hydrogens is 317 g/mol. The van der Waals surface area contributed by atoms with Crippen molar-refractivity contribution >= 4 is 5.97 Å². The van der Waals surface area contributed by atoms with Crippen molar-refractivity contribution in [3.8, 4) is 6.07 Å². The predicted molar refractivity (Wildman–Crippen MR) is 94.3 cm³/mol. The number of nitrogens with zero attached hydrogens (tertiary/aromatic N) is 1. The van der Waals surface area contributed by atoms with Gasteiger partial charge in [-0.05, 0) is 36.6 Å². The van der Waals surface area contributed by atoms with Crippen LogP contribution >= 0.6 is 0 Å². The summed E-state index contributed by atoms with van der Waals surface area (Å²) in [6.07, 6.45) is 0.809. The topological polar surface area (TPSA) is 50.1 Å². The smallest absolute Gasteiger partial charge is 0.327 e. The van der Waals surface area contributed by atoms with Gasteiger partial charge in [-0.25, -0.2) is 4.39 Å². The minimum Gasteiger partial charge on any atom is -0.465 e. The van der Waals surface area contributed by atoms with Gasteiger partial charge in [0.05, 0.1) is 12.7 Å². The lowest BCUT2D eigenvalue weighted by molar-refractivity contribution is -0.153. The molecule has 0 saturated heterocycles. The van der Waals surface area contributed by atoms with Gasteiger partial charge < -0.3 is 4.74 Å². The van der Waals surface area contributed by atoms with Crippen molar-refractivity contribution in [3.05, 3.63) is 71.5 Å². The van der Waals surface area contributed by atoms with Crippen LogP contribution in [0.2, 0.25) is 0 Å². The average molecular weight is 339 g/mol. The molecule has 0 bridgehead atoms. The maximum atomic E-state index is 13.3. The summed E-state index contributed by atoms with van der Waals surface area (Å²) in [4.78, 5) is 12.8. The summed E-state index contributed by atoms with van der Waals surface area (Å²) in [6, 6.07) is 17.7. The first-order valence-electron chi connectivity index (χ1n) is 8.45. The van der Waals surface area contributed by atoms with Gasteiger partial charge in [-0.3, -0.25) is 4.79 Å². The largest absolute Gasteiger partial charge is 0.465 e. The van der Waals surface area contributed by atoms with Crippen LogP contribution in [0.25, 0.3) is 0 Å². The lowest BCUT2D eigenvalue weighted by Gasteiger charge is -2.33. The fourth-order valence-corrected chi connectivity index (χ4v) is 3.24. The van der Waals surface area contributed by atoms with E-state index >= 15 is 0 Å². The van der Waals surface area contributed by atoms with Crippen molar-refractivity contribution in [1.29, 1.82) is 5.26 Å². The fraction of sp³-hybridized carbons (Fsp3) is 0.333. The number of ether oxygens (including phenoxy) is 1. The minimum atomic E-state index is -1.36. The molecule has 4 heteroatoms. The molecule has 3 nitrogen and oxygen atoms in total. The van der Waals surface area contributed by atoms with Gasteiger partial charge in [0, 0.05) is 12.3 Å². The van der Waals surface area contributed by atoms with Crippen LogP contribution in [-0.2, 0) is 16.0 Å². The van der Waals surface area contributed by atoms with E-state index in [4.69, 9.17) is 4.74 Å². The van der Waals surface area contributed by atoms with Gasteiger partial charge >= 0.3 is 5.97 Å². The molecule has 0 saturated carbocycles. The van der Waals surface area contributed by atoms with E-state index in [1.807, 2.05) is 37.3 Å². The van der Waals surface area contributed by atoms with Gasteiger partial charge in [0.1, 0.15) is 5.82 Å². The molecule has 2 aromatic rings. The summed E-state index contributed by atoms with van der Waals surface area (Å²) in [5.74, 6) is -1.27. The minimum absolute atomic E-state index is 0.205. The Hall–Kier alpha value is -2.67. The molecule has 0 aromatic heterocycles. The lowest BCUT2D eigenvalue weighted by Crippen LogP contribution is -2.39. The first-order chi connectivity index (χ1) is 12.1. The molecule has 25 heavy (non-hydrogen) atoms. The number of hydrogen-bond acceptors (Lipinski definition) is 3. The Bertz CT molecular complexity index is 737. The molecule has 2 atom stereocenters. The van der Waals surface area contributed by atoms with Crippen LogP contribution in [0.5, 0.6) is 0 Å². The van der Waals surface area contributed by atoms with E-state index in [-0.39, 0.29) is 18.8 Å². The summed E-state index contributed by atoms with van der Waals surface area (Å²) in [5.41, 5.74) is 0.288. The van der Waals surface area contributed by atoms with Crippen LogP contribution in [-0.4, -0.2) is 12.6 Å². The molecule has 0 radical (unpaired) electrons. The molecular formula is C21H22FNO2. The number of carbonyl (C=O) groups is 1. The normalized spacial score (nSPS) is 14.2. The molecule has 0 aliphatic rings. The van der Waals surface area contributed by atoms with Crippen molar-refractivity contribution in [2.24, 2.45) is 5.41 Å². The van der Waals surface area contributed by atoms with Crippen LogP contribution in [0, 0.1) is 22.6 Å². The number of hydrogen-bond donors (Lipinski definition) is 0. The van der Waals surface area contributed by atoms with Crippen LogP contribution in [0.3, 0.4) is 0 Å². The number of halogens is 1. The van der Waals surface area contributed by atoms with Gasteiger partial charge in [-0.1, -0.05) is 49.4 Å². The molecule has 0 fully saturated rings. The average Bonchev–Trinajstić information content (AvgIpc) is 2.64.